The van der Waals surface area contributed by atoms with Gasteiger partial charge >= 0.3 is 6.01 Å². The lowest BCUT2D eigenvalue weighted by Gasteiger charge is -2.17. The van der Waals surface area contributed by atoms with Gasteiger partial charge in [-0.15, -0.1) is 5.10 Å². The summed E-state index contributed by atoms with van der Waals surface area (Å²) < 4.78 is 5.26. The minimum atomic E-state index is -0.219. The van der Waals surface area contributed by atoms with E-state index in [0.717, 1.165) is 0 Å². The average molecular weight is 184 g/mol. The Morgan fingerprint density at radius 2 is 2.00 bits per heavy atom. The van der Waals surface area contributed by atoms with Crippen molar-refractivity contribution in [2.45, 2.75) is 39.3 Å². The van der Waals surface area contributed by atoms with E-state index in [9.17, 15) is 0 Å². The van der Waals surface area contributed by atoms with Crippen LogP contribution in [0, 0.1) is 0 Å². The molecule has 1 atom stereocenters. The van der Waals surface area contributed by atoms with Gasteiger partial charge in [0.2, 0.25) is 5.89 Å². The van der Waals surface area contributed by atoms with Crippen LogP contribution in [0.1, 0.15) is 39.6 Å². The molecule has 0 aliphatic carbocycles. The molecule has 1 unspecified atom stereocenters. The molecule has 74 valence electrons. The Morgan fingerprint density at radius 3 is 2.38 bits per heavy atom. The lowest BCUT2D eigenvalue weighted by Crippen LogP contribution is -2.26. The van der Waals surface area contributed by atoms with E-state index in [2.05, 4.69) is 15.5 Å². The number of rotatable bonds is 2. The molecule has 0 aromatic carbocycles. The number of aromatic nitrogens is 2. The van der Waals surface area contributed by atoms with Crippen LogP contribution >= 0.6 is 0 Å². The van der Waals surface area contributed by atoms with Gasteiger partial charge in [0.25, 0.3) is 0 Å². The van der Waals surface area contributed by atoms with Gasteiger partial charge in [-0.25, -0.2) is 0 Å². The highest BCUT2D eigenvalue weighted by molar-refractivity contribution is 5.21. The third-order valence-electron chi connectivity index (χ3n) is 1.31. The van der Waals surface area contributed by atoms with E-state index in [1.54, 1.807) is 6.92 Å². The van der Waals surface area contributed by atoms with Crippen LogP contribution < -0.4 is 11.1 Å². The predicted molar refractivity (Wildman–Crippen MR) is 50.3 cm³/mol. The summed E-state index contributed by atoms with van der Waals surface area (Å²) in [6.45, 7) is 7.85. The zero-order valence-electron chi connectivity index (χ0n) is 8.46. The quantitative estimate of drug-likeness (QED) is 0.724. The van der Waals surface area contributed by atoms with E-state index in [-0.39, 0.29) is 11.6 Å². The zero-order valence-corrected chi connectivity index (χ0v) is 8.46. The molecule has 13 heavy (non-hydrogen) atoms. The van der Waals surface area contributed by atoms with Crippen LogP contribution in [0.4, 0.5) is 6.01 Å². The van der Waals surface area contributed by atoms with Crippen LogP contribution in [-0.4, -0.2) is 15.7 Å². The first-order valence-corrected chi connectivity index (χ1v) is 4.25. The predicted octanol–water partition coefficient (Wildman–Crippen LogP) is 1.30. The van der Waals surface area contributed by atoms with E-state index >= 15 is 0 Å². The highest BCUT2D eigenvalue weighted by atomic mass is 16.4. The molecule has 0 radical (unpaired) electrons. The summed E-state index contributed by atoms with van der Waals surface area (Å²) >= 11 is 0. The van der Waals surface area contributed by atoms with E-state index in [4.69, 9.17) is 10.2 Å². The van der Waals surface area contributed by atoms with Crippen LogP contribution in [-0.2, 0) is 0 Å². The van der Waals surface area contributed by atoms with Crippen LogP contribution in [0.3, 0.4) is 0 Å². The van der Waals surface area contributed by atoms with Crippen molar-refractivity contribution < 1.29 is 4.42 Å². The van der Waals surface area contributed by atoms with Gasteiger partial charge in [0.1, 0.15) is 0 Å². The standard InChI is InChI=1S/C8H16N4O/c1-5(9)6-11-12-7(13-6)10-8(2,3)4/h5H,9H2,1-4H3,(H,10,12). The Morgan fingerprint density at radius 1 is 1.38 bits per heavy atom. The number of hydrogen-bond acceptors (Lipinski definition) is 5. The zero-order chi connectivity index (χ0) is 10.1. The molecule has 1 aromatic rings. The Labute approximate surface area is 77.7 Å². The molecule has 5 heteroatoms. The third-order valence-corrected chi connectivity index (χ3v) is 1.31. The molecule has 0 spiro atoms. The summed E-state index contributed by atoms with van der Waals surface area (Å²) in [6, 6.07) is 0.197. The molecular weight excluding hydrogens is 168 g/mol. The maximum atomic E-state index is 5.57. The summed E-state index contributed by atoms with van der Waals surface area (Å²) in [5.74, 6) is 0.451. The summed E-state index contributed by atoms with van der Waals surface area (Å²) in [5, 5.41) is 10.7. The van der Waals surface area contributed by atoms with Crippen molar-refractivity contribution in [1.82, 2.24) is 10.2 Å². The molecule has 3 N–H and O–H groups in total. The van der Waals surface area contributed by atoms with Gasteiger partial charge in [-0.2, -0.15) is 0 Å². The van der Waals surface area contributed by atoms with Gasteiger partial charge in [0.05, 0.1) is 6.04 Å². The molecule has 0 aliphatic rings. The molecule has 1 heterocycles. The molecule has 0 aliphatic heterocycles. The second kappa shape index (κ2) is 3.33. The SMILES string of the molecule is CC(N)c1nnc(NC(C)(C)C)o1. The summed E-state index contributed by atoms with van der Waals surface area (Å²) in [7, 11) is 0. The van der Waals surface area contributed by atoms with E-state index < -0.39 is 0 Å². The van der Waals surface area contributed by atoms with Crippen LogP contribution in [0.15, 0.2) is 4.42 Å². The molecule has 1 aromatic heterocycles. The topological polar surface area (TPSA) is 77.0 Å². The fraction of sp³-hybridized carbons (Fsp3) is 0.750. The van der Waals surface area contributed by atoms with Crippen LogP contribution in [0.25, 0.3) is 0 Å². The smallest absolute Gasteiger partial charge is 0.315 e. The molecule has 0 amide bonds. The number of nitrogens with zero attached hydrogens (tertiary/aromatic N) is 2. The van der Waals surface area contributed by atoms with E-state index in [0.29, 0.717) is 11.9 Å². The molecule has 5 nitrogen and oxygen atoms in total. The monoisotopic (exact) mass is 184 g/mol. The fourth-order valence-electron chi connectivity index (χ4n) is 0.790. The van der Waals surface area contributed by atoms with Crippen molar-refractivity contribution in [2.24, 2.45) is 5.73 Å². The maximum absolute atomic E-state index is 5.57. The Bertz CT molecular complexity index is 274. The van der Waals surface area contributed by atoms with Gasteiger partial charge in [-0.05, 0) is 27.7 Å². The second-order valence-electron chi connectivity index (χ2n) is 4.11. The van der Waals surface area contributed by atoms with Crippen molar-refractivity contribution in [3.8, 4) is 0 Å². The first-order valence-electron chi connectivity index (χ1n) is 4.25. The summed E-state index contributed by atoms with van der Waals surface area (Å²) in [4.78, 5) is 0. The number of nitrogens with one attached hydrogen (secondary N) is 1. The highest BCUT2D eigenvalue weighted by Gasteiger charge is 2.15. The number of anilines is 1. The molecule has 0 saturated carbocycles. The molecular formula is C8H16N4O. The van der Waals surface area contributed by atoms with Crippen molar-refractivity contribution in [2.75, 3.05) is 5.32 Å². The molecule has 0 bridgehead atoms. The molecule has 0 saturated heterocycles. The summed E-state index contributed by atoms with van der Waals surface area (Å²) in [6.07, 6.45) is 0. The van der Waals surface area contributed by atoms with E-state index in [1.165, 1.54) is 0 Å². The third kappa shape index (κ3) is 3.02. The van der Waals surface area contributed by atoms with Crippen molar-refractivity contribution in [1.29, 1.82) is 0 Å². The van der Waals surface area contributed by atoms with Gasteiger partial charge < -0.3 is 15.5 Å². The lowest BCUT2D eigenvalue weighted by atomic mass is 10.1. The Balaban J connectivity index is 2.70. The average Bonchev–Trinajstić information content (AvgIpc) is 2.31. The van der Waals surface area contributed by atoms with Gasteiger partial charge in [0, 0.05) is 5.54 Å². The molecule has 0 fully saturated rings. The van der Waals surface area contributed by atoms with Gasteiger partial charge in [0.15, 0.2) is 0 Å². The second-order valence-corrected chi connectivity index (χ2v) is 4.11. The first kappa shape index (κ1) is 9.98. The first-order chi connectivity index (χ1) is 5.88. The van der Waals surface area contributed by atoms with Gasteiger partial charge in [-0.3, -0.25) is 0 Å². The Hall–Kier alpha value is -1.10. The number of nitrogens with two attached hydrogens (primary N) is 1. The largest absolute Gasteiger partial charge is 0.406 e. The van der Waals surface area contributed by atoms with E-state index in [1.807, 2.05) is 20.8 Å². The van der Waals surface area contributed by atoms with Crippen molar-refractivity contribution >= 4 is 6.01 Å². The van der Waals surface area contributed by atoms with Crippen LogP contribution in [0.5, 0.6) is 0 Å². The minimum Gasteiger partial charge on any atom is -0.406 e. The highest BCUT2D eigenvalue weighted by Crippen LogP contribution is 2.15. The Kier molecular flexibility index (Phi) is 2.56. The maximum Gasteiger partial charge on any atom is 0.315 e. The molecule has 1 rings (SSSR count). The normalized spacial score (nSPS) is 14.2. The summed E-state index contributed by atoms with van der Waals surface area (Å²) in [5.41, 5.74) is 5.49. The minimum absolute atomic E-state index is 0.0817. The lowest BCUT2D eigenvalue weighted by molar-refractivity contribution is 0.460. The van der Waals surface area contributed by atoms with Crippen molar-refractivity contribution in [3.05, 3.63) is 5.89 Å². The van der Waals surface area contributed by atoms with Crippen molar-refractivity contribution in [3.63, 3.8) is 0 Å². The fourth-order valence-corrected chi connectivity index (χ4v) is 0.790. The van der Waals surface area contributed by atoms with Crippen LogP contribution in [0.2, 0.25) is 0 Å². The van der Waals surface area contributed by atoms with Gasteiger partial charge in [-0.1, -0.05) is 5.10 Å². The number of hydrogen-bond donors (Lipinski definition) is 2.